The summed E-state index contributed by atoms with van der Waals surface area (Å²) in [4.78, 5) is 14.6. The zero-order chi connectivity index (χ0) is 11.6. The molecule has 4 rings (SSSR count). The molecule has 2 bridgehead atoms. The van der Waals surface area contributed by atoms with Gasteiger partial charge in [-0.25, -0.2) is 0 Å². The second-order valence-electron chi connectivity index (χ2n) is 6.61. The minimum absolute atomic E-state index is 0.187. The lowest BCUT2D eigenvalue weighted by atomic mass is 9.88. The molecule has 0 aromatic carbocycles. The van der Waals surface area contributed by atoms with Gasteiger partial charge in [0.2, 0.25) is 5.91 Å². The summed E-state index contributed by atoms with van der Waals surface area (Å²) in [5.74, 6) is 2.47. The van der Waals surface area contributed by atoms with Gasteiger partial charge in [0.1, 0.15) is 0 Å². The Hall–Kier alpha value is -0.570. The van der Waals surface area contributed by atoms with Crippen LogP contribution in [-0.4, -0.2) is 34.6 Å². The van der Waals surface area contributed by atoms with Crippen LogP contribution in [0.1, 0.15) is 38.5 Å². The van der Waals surface area contributed by atoms with Crippen LogP contribution in [0.2, 0.25) is 0 Å². The first-order valence-electron chi connectivity index (χ1n) is 7.24. The highest BCUT2D eigenvalue weighted by Crippen LogP contribution is 2.55. The van der Waals surface area contributed by atoms with Gasteiger partial charge in [-0.3, -0.25) is 4.79 Å². The molecule has 3 heteroatoms. The molecule has 5 unspecified atom stereocenters. The highest BCUT2D eigenvalue weighted by atomic mass is 16.3. The van der Waals surface area contributed by atoms with Crippen LogP contribution in [0.4, 0.5) is 0 Å². The van der Waals surface area contributed by atoms with Crippen LogP contribution in [-0.2, 0) is 4.79 Å². The molecule has 94 valence electrons. The van der Waals surface area contributed by atoms with Crippen molar-refractivity contribution in [2.24, 2.45) is 23.7 Å². The first kappa shape index (κ1) is 10.4. The smallest absolute Gasteiger partial charge is 0.226 e. The Morgan fingerprint density at radius 1 is 1.12 bits per heavy atom. The summed E-state index contributed by atoms with van der Waals surface area (Å²) in [6.07, 6.45) is 6.71. The monoisotopic (exact) mass is 235 g/mol. The van der Waals surface area contributed by atoms with Crippen LogP contribution in [0.15, 0.2) is 0 Å². The van der Waals surface area contributed by atoms with Crippen molar-refractivity contribution in [1.82, 2.24) is 4.90 Å². The molecule has 4 fully saturated rings. The van der Waals surface area contributed by atoms with Gasteiger partial charge in [0.15, 0.2) is 0 Å². The third-order valence-electron chi connectivity index (χ3n) is 5.84. The number of hydrogen-bond donors (Lipinski definition) is 1. The van der Waals surface area contributed by atoms with Gasteiger partial charge >= 0.3 is 0 Å². The van der Waals surface area contributed by atoms with Gasteiger partial charge in [0.25, 0.3) is 0 Å². The number of amides is 1. The fraction of sp³-hybridized carbons (Fsp3) is 0.929. The molecule has 1 amide bonds. The first-order chi connectivity index (χ1) is 8.25. The zero-order valence-electron chi connectivity index (χ0n) is 10.2. The van der Waals surface area contributed by atoms with E-state index in [9.17, 15) is 9.90 Å². The van der Waals surface area contributed by atoms with E-state index in [0.29, 0.717) is 23.7 Å². The van der Waals surface area contributed by atoms with E-state index in [1.54, 1.807) is 0 Å². The molecule has 0 aromatic rings. The molecule has 5 atom stereocenters. The van der Waals surface area contributed by atoms with E-state index in [1.807, 2.05) is 0 Å². The van der Waals surface area contributed by atoms with Crippen molar-refractivity contribution in [3.05, 3.63) is 0 Å². The van der Waals surface area contributed by atoms with Gasteiger partial charge in [-0.05, 0) is 43.4 Å². The highest BCUT2D eigenvalue weighted by molar-refractivity contribution is 5.80. The molecule has 4 aliphatic rings. The zero-order valence-corrected chi connectivity index (χ0v) is 10.2. The second kappa shape index (κ2) is 3.47. The van der Waals surface area contributed by atoms with E-state index in [1.165, 1.54) is 19.3 Å². The van der Waals surface area contributed by atoms with E-state index in [-0.39, 0.29) is 18.1 Å². The predicted molar refractivity (Wildman–Crippen MR) is 63.2 cm³/mol. The molecule has 0 radical (unpaired) electrons. The van der Waals surface area contributed by atoms with Crippen molar-refractivity contribution in [2.75, 3.05) is 6.54 Å². The Morgan fingerprint density at radius 2 is 1.88 bits per heavy atom. The van der Waals surface area contributed by atoms with Crippen molar-refractivity contribution in [3.63, 3.8) is 0 Å². The lowest BCUT2D eigenvalue weighted by Crippen LogP contribution is -2.45. The number of carbonyl (C=O) groups excluding carboxylic acids is 1. The largest absolute Gasteiger partial charge is 0.391 e. The molecule has 0 spiro atoms. The van der Waals surface area contributed by atoms with E-state index in [0.717, 1.165) is 25.8 Å². The van der Waals surface area contributed by atoms with Crippen LogP contribution < -0.4 is 0 Å². The minimum atomic E-state index is -0.218. The maximum Gasteiger partial charge on any atom is 0.226 e. The van der Waals surface area contributed by atoms with Gasteiger partial charge in [-0.1, -0.05) is 12.8 Å². The average Bonchev–Trinajstić information content (AvgIpc) is 3.02. The van der Waals surface area contributed by atoms with Crippen LogP contribution in [0.5, 0.6) is 0 Å². The van der Waals surface area contributed by atoms with Gasteiger partial charge < -0.3 is 10.0 Å². The Bertz CT molecular complexity index is 348. The number of aliphatic hydroxyl groups excluding tert-OH is 1. The highest BCUT2D eigenvalue weighted by Gasteiger charge is 2.60. The Kier molecular flexibility index (Phi) is 2.11. The Balaban J connectivity index is 1.57. The van der Waals surface area contributed by atoms with Crippen molar-refractivity contribution < 1.29 is 9.90 Å². The topological polar surface area (TPSA) is 40.5 Å². The van der Waals surface area contributed by atoms with Crippen LogP contribution in [0.3, 0.4) is 0 Å². The van der Waals surface area contributed by atoms with Gasteiger partial charge in [0.05, 0.1) is 12.1 Å². The first-order valence-corrected chi connectivity index (χ1v) is 7.24. The maximum atomic E-state index is 12.5. The maximum absolute atomic E-state index is 12.5. The second-order valence-corrected chi connectivity index (χ2v) is 6.61. The summed E-state index contributed by atoms with van der Waals surface area (Å²) >= 11 is 0. The van der Waals surface area contributed by atoms with Crippen molar-refractivity contribution >= 4 is 5.91 Å². The lowest BCUT2D eigenvalue weighted by Gasteiger charge is -2.30. The van der Waals surface area contributed by atoms with E-state index in [4.69, 9.17) is 0 Å². The number of carbonyl (C=O) groups is 1. The molecule has 3 aliphatic carbocycles. The van der Waals surface area contributed by atoms with E-state index < -0.39 is 0 Å². The van der Waals surface area contributed by atoms with Gasteiger partial charge in [-0.2, -0.15) is 0 Å². The summed E-state index contributed by atoms with van der Waals surface area (Å²) in [5.41, 5.74) is 0. The summed E-state index contributed by atoms with van der Waals surface area (Å²) in [6.45, 7) is 0.943. The Labute approximate surface area is 102 Å². The molecule has 3 nitrogen and oxygen atoms in total. The van der Waals surface area contributed by atoms with Crippen LogP contribution in [0.25, 0.3) is 0 Å². The number of rotatable bonds is 1. The summed E-state index contributed by atoms with van der Waals surface area (Å²) < 4.78 is 0. The Morgan fingerprint density at radius 3 is 2.59 bits per heavy atom. The normalized spacial score (nSPS) is 48.3. The molecule has 0 aromatic heterocycles. The average molecular weight is 235 g/mol. The van der Waals surface area contributed by atoms with Gasteiger partial charge in [-0.15, -0.1) is 0 Å². The summed E-state index contributed by atoms with van der Waals surface area (Å²) in [7, 11) is 0. The van der Waals surface area contributed by atoms with Crippen molar-refractivity contribution in [1.29, 1.82) is 0 Å². The third-order valence-corrected chi connectivity index (χ3v) is 5.84. The number of nitrogens with zero attached hydrogens (tertiary/aromatic N) is 1. The standard InChI is InChI=1S/C14H21NO2/c16-13-9-5-10-7-15(12(13)11(10)6-9)14(17)8-3-1-2-4-8/h8-13,16H,1-7H2. The number of aliphatic hydroxyl groups is 1. The van der Waals surface area contributed by atoms with Crippen molar-refractivity contribution in [3.8, 4) is 0 Å². The lowest BCUT2D eigenvalue weighted by molar-refractivity contribution is -0.138. The summed E-state index contributed by atoms with van der Waals surface area (Å²) in [6, 6.07) is 0.187. The van der Waals surface area contributed by atoms with Crippen LogP contribution >= 0.6 is 0 Å². The molecule has 1 heterocycles. The SMILES string of the molecule is O=C(C1CCCC1)N1CC2CC3CC2C1C3O. The molecule has 17 heavy (non-hydrogen) atoms. The molecule has 3 saturated carbocycles. The predicted octanol–water partition coefficient (Wildman–Crippen LogP) is 1.40. The van der Waals surface area contributed by atoms with Gasteiger partial charge in [0, 0.05) is 12.5 Å². The number of likely N-dealkylation sites (tertiary alicyclic amines) is 1. The quantitative estimate of drug-likeness (QED) is 0.746. The number of fused-ring (bicyclic) bond motifs is 1. The molecule has 1 aliphatic heterocycles. The van der Waals surface area contributed by atoms with Crippen LogP contribution in [0, 0.1) is 23.7 Å². The molecule has 1 N–H and O–H groups in total. The molecule has 1 saturated heterocycles. The fourth-order valence-corrected chi connectivity index (χ4v) is 5.08. The fourth-order valence-electron chi connectivity index (χ4n) is 5.08. The minimum Gasteiger partial charge on any atom is -0.391 e. The molecular weight excluding hydrogens is 214 g/mol. The summed E-state index contributed by atoms with van der Waals surface area (Å²) in [5, 5.41) is 10.3. The van der Waals surface area contributed by atoms with Crippen molar-refractivity contribution in [2.45, 2.75) is 50.7 Å². The van der Waals surface area contributed by atoms with E-state index >= 15 is 0 Å². The third kappa shape index (κ3) is 1.29. The van der Waals surface area contributed by atoms with E-state index in [2.05, 4.69) is 4.90 Å². The molecular formula is C14H21NO2. The number of hydrogen-bond acceptors (Lipinski definition) is 2.